The first-order valence-corrected chi connectivity index (χ1v) is 12.3. The number of nitrogens with zero attached hydrogens (tertiary/aromatic N) is 2. The van der Waals surface area contributed by atoms with Crippen LogP contribution < -0.4 is 15.8 Å². The molecule has 3 aromatic rings. The minimum absolute atomic E-state index is 0.0218. The third-order valence-corrected chi connectivity index (χ3v) is 7.02. The van der Waals surface area contributed by atoms with E-state index in [2.05, 4.69) is 22.0 Å². The number of halogens is 4. The maximum Gasteiger partial charge on any atom is 0.424 e. The van der Waals surface area contributed by atoms with Gasteiger partial charge in [0, 0.05) is 22.9 Å². The number of carbonyl (C=O) groups excluding carboxylic acids is 2. The highest BCUT2D eigenvalue weighted by Crippen LogP contribution is 2.47. The molecule has 2 amide bonds. The highest BCUT2D eigenvalue weighted by molar-refractivity contribution is 5.95. The second-order valence-electron chi connectivity index (χ2n) is 9.84. The predicted octanol–water partition coefficient (Wildman–Crippen LogP) is 4.18. The Hall–Kier alpha value is -4.58. The fraction of sp³-hybridized carbons (Fsp3) is 0.241. The number of rotatable bonds is 8. The molecule has 2 aromatic carbocycles. The summed E-state index contributed by atoms with van der Waals surface area (Å²) in [4.78, 5) is 32.9. The van der Waals surface area contributed by atoms with E-state index in [1.165, 1.54) is 37.4 Å². The van der Waals surface area contributed by atoms with Gasteiger partial charge in [-0.25, -0.2) is 9.37 Å². The largest absolute Gasteiger partial charge is 0.489 e. The minimum Gasteiger partial charge on any atom is -0.489 e. The monoisotopic (exact) mass is 570 g/mol. The SMILES string of the molecule is C=N/C=C\c1ccc(C(=O)NCC(O)(c2cc3c(c(-c4ccc(F)cc4)n2)OC[C@]3(C)C(N)=O)C(F)(F)F)cc1C. The van der Waals surface area contributed by atoms with Gasteiger partial charge in [-0.3, -0.25) is 14.6 Å². The first kappa shape index (κ1) is 29.4. The van der Waals surface area contributed by atoms with E-state index in [-0.39, 0.29) is 34.7 Å². The summed E-state index contributed by atoms with van der Waals surface area (Å²) < 4.78 is 62.8. The van der Waals surface area contributed by atoms with Crippen molar-refractivity contribution in [2.75, 3.05) is 13.2 Å². The first-order chi connectivity index (χ1) is 19.2. The number of nitrogens with two attached hydrogens (primary N) is 1. The van der Waals surface area contributed by atoms with E-state index in [1.54, 1.807) is 19.1 Å². The highest BCUT2D eigenvalue weighted by atomic mass is 19.4. The molecule has 41 heavy (non-hydrogen) atoms. The Kier molecular flexibility index (Phi) is 7.72. The van der Waals surface area contributed by atoms with Gasteiger partial charge in [0.2, 0.25) is 11.5 Å². The van der Waals surface area contributed by atoms with Crippen LogP contribution in [0.5, 0.6) is 5.75 Å². The van der Waals surface area contributed by atoms with E-state index in [4.69, 9.17) is 10.5 Å². The van der Waals surface area contributed by atoms with Crippen LogP contribution in [-0.4, -0.2) is 48.0 Å². The molecule has 12 heteroatoms. The van der Waals surface area contributed by atoms with E-state index in [9.17, 15) is 32.3 Å². The van der Waals surface area contributed by atoms with Crippen LogP contribution in [0.25, 0.3) is 17.3 Å². The van der Waals surface area contributed by atoms with Crippen LogP contribution in [0.1, 0.15) is 39.7 Å². The van der Waals surface area contributed by atoms with Gasteiger partial charge in [0.15, 0.2) is 0 Å². The van der Waals surface area contributed by atoms with E-state index in [1.807, 2.05) is 0 Å². The minimum atomic E-state index is -5.33. The summed E-state index contributed by atoms with van der Waals surface area (Å²) in [5.74, 6) is -2.37. The normalized spacial score (nSPS) is 17.9. The smallest absolute Gasteiger partial charge is 0.424 e. The molecule has 0 saturated heterocycles. The average molecular weight is 571 g/mol. The third-order valence-electron chi connectivity index (χ3n) is 7.02. The van der Waals surface area contributed by atoms with Crippen molar-refractivity contribution in [2.45, 2.75) is 31.0 Å². The molecule has 214 valence electrons. The summed E-state index contributed by atoms with van der Waals surface area (Å²) in [6.07, 6.45) is -2.23. The van der Waals surface area contributed by atoms with Crippen LogP contribution in [0.4, 0.5) is 17.6 Å². The standard InChI is InChI=1S/C29H26F4N4O4/c1-16-12-19(5-4-17(16)10-11-35-3)25(38)36-14-28(40,29(31,32)33)22-13-21-24(41-15-27(21,2)26(34)39)23(37-22)18-6-8-20(30)9-7-18/h4-13,40H,3,14-15H2,1-2H3,(H2,34,39)(H,36,38)/b11-10-/t27-,28?/m0/s1. The Bertz CT molecular complexity index is 1560. The van der Waals surface area contributed by atoms with E-state index < -0.39 is 47.1 Å². The van der Waals surface area contributed by atoms with Crippen molar-refractivity contribution in [3.05, 3.63) is 88.5 Å². The molecule has 0 aliphatic carbocycles. The Labute approximate surface area is 232 Å². The second-order valence-corrected chi connectivity index (χ2v) is 9.84. The molecule has 0 bridgehead atoms. The van der Waals surface area contributed by atoms with Gasteiger partial charge in [0.1, 0.15) is 29.3 Å². The molecular weight excluding hydrogens is 544 g/mol. The topological polar surface area (TPSA) is 127 Å². The van der Waals surface area contributed by atoms with Gasteiger partial charge < -0.3 is 20.9 Å². The predicted molar refractivity (Wildman–Crippen MR) is 144 cm³/mol. The van der Waals surface area contributed by atoms with Gasteiger partial charge in [0.05, 0.1) is 12.2 Å². The lowest BCUT2D eigenvalue weighted by atomic mass is 9.81. The number of fused-ring (bicyclic) bond motifs is 1. The molecule has 1 aliphatic rings. The fourth-order valence-corrected chi connectivity index (χ4v) is 4.39. The number of ether oxygens (including phenoxy) is 1. The van der Waals surface area contributed by atoms with Crippen molar-refractivity contribution in [3.8, 4) is 17.0 Å². The van der Waals surface area contributed by atoms with Crippen LogP contribution in [0.2, 0.25) is 0 Å². The summed E-state index contributed by atoms with van der Waals surface area (Å²) in [5, 5.41) is 13.3. The molecule has 0 fully saturated rings. The molecule has 8 nitrogen and oxygen atoms in total. The van der Waals surface area contributed by atoms with Gasteiger partial charge in [-0.2, -0.15) is 13.2 Å². The molecule has 1 unspecified atom stereocenters. The number of hydrogen-bond acceptors (Lipinski definition) is 6. The molecule has 0 spiro atoms. The molecule has 4 rings (SSSR count). The number of primary amides is 1. The Balaban J connectivity index is 1.78. The van der Waals surface area contributed by atoms with Crippen LogP contribution in [0.15, 0.2) is 59.7 Å². The number of aromatic nitrogens is 1. The molecule has 1 aliphatic heterocycles. The van der Waals surface area contributed by atoms with Crippen LogP contribution in [0, 0.1) is 12.7 Å². The highest BCUT2D eigenvalue weighted by Gasteiger charge is 2.57. The fourth-order valence-electron chi connectivity index (χ4n) is 4.39. The maximum absolute atomic E-state index is 14.5. The van der Waals surface area contributed by atoms with Gasteiger partial charge in [-0.15, -0.1) is 0 Å². The van der Waals surface area contributed by atoms with Crippen LogP contribution in [-0.2, 0) is 15.8 Å². The van der Waals surface area contributed by atoms with Crippen molar-refractivity contribution >= 4 is 24.6 Å². The number of amides is 2. The number of aliphatic imine (C=N–C) groups is 1. The molecule has 0 saturated carbocycles. The van der Waals surface area contributed by atoms with Crippen molar-refractivity contribution in [3.63, 3.8) is 0 Å². The Morgan fingerprint density at radius 3 is 2.49 bits per heavy atom. The Morgan fingerprint density at radius 2 is 1.90 bits per heavy atom. The summed E-state index contributed by atoms with van der Waals surface area (Å²) in [6.45, 7) is 4.84. The van der Waals surface area contributed by atoms with Crippen molar-refractivity contribution in [2.24, 2.45) is 10.7 Å². The number of nitrogens with one attached hydrogen (secondary N) is 1. The Morgan fingerprint density at radius 1 is 1.22 bits per heavy atom. The quantitative estimate of drug-likeness (QED) is 0.277. The van der Waals surface area contributed by atoms with E-state index in [0.29, 0.717) is 5.56 Å². The third kappa shape index (κ3) is 5.42. The number of pyridine rings is 1. The van der Waals surface area contributed by atoms with Gasteiger partial charge in [-0.1, -0.05) is 6.07 Å². The molecule has 2 heterocycles. The number of carbonyl (C=O) groups is 2. The molecular formula is C29H26F4N4O4. The number of aliphatic hydroxyl groups is 1. The summed E-state index contributed by atoms with van der Waals surface area (Å²) in [5.41, 5.74) is 0.821. The zero-order valence-corrected chi connectivity index (χ0v) is 22.1. The molecule has 2 atom stereocenters. The van der Waals surface area contributed by atoms with Gasteiger partial charge in [-0.05, 0) is 80.2 Å². The van der Waals surface area contributed by atoms with Crippen molar-refractivity contribution in [1.82, 2.24) is 10.3 Å². The molecule has 0 radical (unpaired) electrons. The van der Waals surface area contributed by atoms with Gasteiger partial charge >= 0.3 is 6.18 Å². The summed E-state index contributed by atoms with van der Waals surface area (Å²) in [6, 6.07) is 10.1. The number of aryl methyl sites for hydroxylation is 1. The second kappa shape index (κ2) is 10.8. The van der Waals surface area contributed by atoms with Crippen LogP contribution in [0.3, 0.4) is 0 Å². The number of alkyl halides is 3. The van der Waals surface area contributed by atoms with Crippen molar-refractivity contribution < 1.29 is 37.0 Å². The van der Waals surface area contributed by atoms with Crippen LogP contribution >= 0.6 is 0 Å². The van der Waals surface area contributed by atoms with Crippen molar-refractivity contribution in [1.29, 1.82) is 0 Å². The lowest BCUT2D eigenvalue weighted by molar-refractivity contribution is -0.265. The van der Waals surface area contributed by atoms with E-state index >= 15 is 0 Å². The average Bonchev–Trinajstić information content (AvgIpc) is 3.28. The molecule has 4 N–H and O–H groups in total. The zero-order chi connectivity index (χ0) is 30.2. The number of benzene rings is 2. The number of hydrogen-bond donors (Lipinski definition) is 3. The van der Waals surface area contributed by atoms with E-state index in [0.717, 1.165) is 23.8 Å². The zero-order valence-electron chi connectivity index (χ0n) is 22.1. The summed E-state index contributed by atoms with van der Waals surface area (Å²) >= 11 is 0. The lowest BCUT2D eigenvalue weighted by Crippen LogP contribution is -2.51. The van der Waals surface area contributed by atoms with Gasteiger partial charge in [0.25, 0.3) is 5.91 Å². The summed E-state index contributed by atoms with van der Waals surface area (Å²) in [7, 11) is 0. The molecule has 1 aromatic heterocycles. The maximum atomic E-state index is 14.5. The lowest BCUT2D eigenvalue weighted by Gasteiger charge is -2.31. The first-order valence-electron chi connectivity index (χ1n) is 12.3.